The topological polar surface area (TPSA) is 116 Å². The van der Waals surface area contributed by atoms with Gasteiger partial charge < -0.3 is 30.2 Å². The lowest BCUT2D eigenvalue weighted by Crippen LogP contribution is -2.22. The van der Waals surface area contributed by atoms with Crippen molar-refractivity contribution in [1.29, 1.82) is 0 Å². The molecule has 0 saturated carbocycles. The molecule has 0 spiro atoms. The number of esters is 1. The maximum atomic E-state index is 11.5. The first-order valence-electron chi connectivity index (χ1n) is 7.08. The van der Waals surface area contributed by atoms with Gasteiger partial charge in [-0.2, -0.15) is 0 Å². The molecular formula is C16H20N2O6. The Labute approximate surface area is 139 Å². The van der Waals surface area contributed by atoms with Crippen molar-refractivity contribution in [2.75, 3.05) is 21.3 Å². The first kappa shape index (κ1) is 17.5. The van der Waals surface area contributed by atoms with Gasteiger partial charge in [0.15, 0.2) is 11.8 Å². The maximum absolute atomic E-state index is 11.5. The van der Waals surface area contributed by atoms with E-state index in [1.807, 2.05) is 0 Å². The maximum Gasteiger partial charge on any atom is 0.327 e. The van der Waals surface area contributed by atoms with Crippen LogP contribution >= 0.6 is 0 Å². The quantitative estimate of drug-likeness (QED) is 0.677. The van der Waals surface area contributed by atoms with E-state index in [1.54, 1.807) is 25.3 Å². The molecule has 0 aliphatic heterocycles. The van der Waals surface area contributed by atoms with Crippen LogP contribution in [-0.2, 0) is 16.1 Å². The van der Waals surface area contributed by atoms with E-state index in [0.717, 1.165) is 0 Å². The highest BCUT2D eigenvalue weighted by atomic mass is 16.5. The highest BCUT2D eigenvalue weighted by Crippen LogP contribution is 2.34. The SMILES string of the molecule is COC(=O)C(N)c1cc(O)n(Cc2ccc(OC)cc2OC)c1O. The van der Waals surface area contributed by atoms with Crippen LogP contribution in [0.3, 0.4) is 0 Å². The van der Waals surface area contributed by atoms with Crippen molar-refractivity contribution in [3.8, 4) is 23.3 Å². The minimum Gasteiger partial charge on any atom is -0.497 e. The molecule has 0 radical (unpaired) electrons. The second-order valence-corrected chi connectivity index (χ2v) is 5.05. The number of carbonyl (C=O) groups excluding carboxylic acids is 1. The van der Waals surface area contributed by atoms with Gasteiger partial charge in [0, 0.05) is 23.3 Å². The first-order valence-corrected chi connectivity index (χ1v) is 7.08. The number of methoxy groups -OCH3 is 3. The van der Waals surface area contributed by atoms with Crippen LogP contribution in [0.2, 0.25) is 0 Å². The van der Waals surface area contributed by atoms with Crippen molar-refractivity contribution in [2.45, 2.75) is 12.6 Å². The summed E-state index contributed by atoms with van der Waals surface area (Å²) in [5.41, 5.74) is 6.49. The third-order valence-corrected chi connectivity index (χ3v) is 3.69. The molecule has 0 aliphatic rings. The Morgan fingerprint density at radius 1 is 1.21 bits per heavy atom. The minimum atomic E-state index is -1.19. The van der Waals surface area contributed by atoms with Crippen LogP contribution in [0.15, 0.2) is 24.3 Å². The van der Waals surface area contributed by atoms with Gasteiger partial charge in [-0.1, -0.05) is 0 Å². The Balaban J connectivity index is 2.37. The molecule has 8 nitrogen and oxygen atoms in total. The van der Waals surface area contributed by atoms with Crippen molar-refractivity contribution in [2.24, 2.45) is 5.73 Å². The molecular weight excluding hydrogens is 316 g/mol. The third kappa shape index (κ3) is 3.23. The van der Waals surface area contributed by atoms with E-state index < -0.39 is 12.0 Å². The van der Waals surface area contributed by atoms with Gasteiger partial charge in [-0.3, -0.25) is 9.36 Å². The van der Waals surface area contributed by atoms with Crippen molar-refractivity contribution in [3.63, 3.8) is 0 Å². The Morgan fingerprint density at radius 2 is 1.92 bits per heavy atom. The summed E-state index contributed by atoms with van der Waals surface area (Å²) in [6.07, 6.45) is 0. The molecule has 0 amide bonds. The number of benzene rings is 1. The third-order valence-electron chi connectivity index (χ3n) is 3.69. The fourth-order valence-corrected chi connectivity index (χ4v) is 2.34. The van der Waals surface area contributed by atoms with Gasteiger partial charge >= 0.3 is 5.97 Å². The molecule has 2 rings (SSSR count). The second-order valence-electron chi connectivity index (χ2n) is 5.05. The van der Waals surface area contributed by atoms with Crippen LogP contribution < -0.4 is 15.2 Å². The smallest absolute Gasteiger partial charge is 0.327 e. The molecule has 1 aromatic heterocycles. The fourth-order valence-electron chi connectivity index (χ4n) is 2.34. The highest BCUT2D eigenvalue weighted by Gasteiger charge is 2.25. The summed E-state index contributed by atoms with van der Waals surface area (Å²) in [5.74, 6) is -0.127. The average molecular weight is 336 g/mol. The molecule has 0 saturated heterocycles. The van der Waals surface area contributed by atoms with Gasteiger partial charge in [0.05, 0.1) is 27.9 Å². The van der Waals surface area contributed by atoms with E-state index in [0.29, 0.717) is 17.1 Å². The normalized spacial score (nSPS) is 11.8. The van der Waals surface area contributed by atoms with Crippen molar-refractivity contribution in [1.82, 2.24) is 4.57 Å². The van der Waals surface area contributed by atoms with Crippen LogP contribution in [0.4, 0.5) is 0 Å². The van der Waals surface area contributed by atoms with Crippen LogP contribution in [0.5, 0.6) is 23.3 Å². The van der Waals surface area contributed by atoms with Crippen LogP contribution in [0, 0.1) is 0 Å². The second kappa shape index (κ2) is 7.14. The van der Waals surface area contributed by atoms with E-state index in [2.05, 4.69) is 4.74 Å². The van der Waals surface area contributed by atoms with E-state index in [-0.39, 0.29) is 23.9 Å². The fraction of sp³-hybridized carbons (Fsp3) is 0.312. The number of hydrogen-bond donors (Lipinski definition) is 3. The number of nitrogens with zero attached hydrogens (tertiary/aromatic N) is 1. The molecule has 2 aromatic rings. The van der Waals surface area contributed by atoms with Gasteiger partial charge in [0.1, 0.15) is 17.5 Å². The predicted molar refractivity (Wildman–Crippen MR) is 85.4 cm³/mol. The molecule has 8 heteroatoms. The molecule has 4 N–H and O–H groups in total. The van der Waals surface area contributed by atoms with Gasteiger partial charge in [-0.15, -0.1) is 0 Å². The standard InChI is InChI=1S/C16H20N2O6/c1-22-10-5-4-9(12(6-10)23-2)8-18-13(19)7-11(15(18)20)14(17)16(21)24-3/h4-7,14,19-20H,8,17H2,1-3H3. The number of nitrogens with two attached hydrogens (primary N) is 1. The summed E-state index contributed by atoms with van der Waals surface area (Å²) in [7, 11) is 4.24. The molecule has 130 valence electrons. The number of aromatic nitrogens is 1. The van der Waals surface area contributed by atoms with Crippen molar-refractivity contribution < 1.29 is 29.2 Å². The van der Waals surface area contributed by atoms with E-state index in [1.165, 1.54) is 24.9 Å². The van der Waals surface area contributed by atoms with Gasteiger partial charge in [-0.05, 0) is 12.1 Å². The minimum absolute atomic E-state index is 0.0758. The monoisotopic (exact) mass is 336 g/mol. The Morgan fingerprint density at radius 3 is 2.50 bits per heavy atom. The Bertz CT molecular complexity index is 740. The highest BCUT2D eigenvalue weighted by molar-refractivity contribution is 5.78. The summed E-state index contributed by atoms with van der Waals surface area (Å²) in [5, 5.41) is 20.4. The molecule has 0 fully saturated rings. The first-order chi connectivity index (χ1) is 11.4. The molecule has 1 heterocycles. The van der Waals surface area contributed by atoms with Crippen molar-refractivity contribution >= 4 is 5.97 Å². The summed E-state index contributed by atoms with van der Waals surface area (Å²) in [6, 6.07) is 5.20. The van der Waals surface area contributed by atoms with Gasteiger partial charge in [0.25, 0.3) is 0 Å². The molecule has 1 aromatic carbocycles. The summed E-state index contributed by atoms with van der Waals surface area (Å²) in [6.45, 7) is 0.110. The number of ether oxygens (including phenoxy) is 3. The summed E-state index contributed by atoms with van der Waals surface area (Å²) >= 11 is 0. The zero-order valence-electron chi connectivity index (χ0n) is 13.6. The van der Waals surface area contributed by atoms with Crippen LogP contribution in [-0.4, -0.2) is 42.1 Å². The Hall–Kier alpha value is -2.87. The van der Waals surface area contributed by atoms with Crippen LogP contribution in [0.1, 0.15) is 17.2 Å². The number of aromatic hydroxyl groups is 2. The van der Waals surface area contributed by atoms with E-state index in [4.69, 9.17) is 15.2 Å². The predicted octanol–water partition coefficient (Wildman–Crippen LogP) is 1.14. The molecule has 0 bridgehead atoms. The molecule has 0 aliphatic carbocycles. The zero-order valence-corrected chi connectivity index (χ0v) is 13.6. The Kier molecular flexibility index (Phi) is 5.20. The largest absolute Gasteiger partial charge is 0.497 e. The van der Waals surface area contributed by atoms with Gasteiger partial charge in [-0.25, -0.2) is 0 Å². The van der Waals surface area contributed by atoms with Gasteiger partial charge in [0.2, 0.25) is 0 Å². The lowest BCUT2D eigenvalue weighted by molar-refractivity contribution is -0.142. The molecule has 1 unspecified atom stereocenters. The average Bonchev–Trinajstić information content (AvgIpc) is 2.88. The lowest BCUT2D eigenvalue weighted by Gasteiger charge is -2.13. The number of rotatable bonds is 6. The van der Waals surface area contributed by atoms with Crippen LogP contribution in [0.25, 0.3) is 0 Å². The van der Waals surface area contributed by atoms with E-state index >= 15 is 0 Å². The van der Waals surface area contributed by atoms with E-state index in [9.17, 15) is 15.0 Å². The van der Waals surface area contributed by atoms with Crippen molar-refractivity contribution in [3.05, 3.63) is 35.4 Å². The zero-order chi connectivity index (χ0) is 17.9. The molecule has 1 atom stereocenters. The number of carbonyl (C=O) groups is 1. The molecule has 24 heavy (non-hydrogen) atoms. The lowest BCUT2D eigenvalue weighted by atomic mass is 10.1. The summed E-state index contributed by atoms with van der Waals surface area (Å²) < 4.78 is 16.2. The number of hydrogen-bond acceptors (Lipinski definition) is 7. The summed E-state index contributed by atoms with van der Waals surface area (Å²) in [4.78, 5) is 11.5.